The van der Waals surface area contributed by atoms with E-state index >= 15 is 0 Å². The number of carboxylic acid groups (broad SMARTS) is 1. The van der Waals surface area contributed by atoms with E-state index in [0.29, 0.717) is 7.11 Å². The maximum Gasteiger partial charge on any atom is 0.573 e. The molecule has 11 heteroatoms. The Labute approximate surface area is 106 Å². The molecule has 0 bridgehead atoms. The van der Waals surface area contributed by atoms with Crippen LogP contribution in [0.15, 0.2) is 6.20 Å². The molecule has 112 valence electrons. The van der Waals surface area contributed by atoms with Crippen LogP contribution in [0.4, 0.5) is 26.3 Å². The second kappa shape index (κ2) is 5.06. The van der Waals surface area contributed by atoms with E-state index in [0.717, 1.165) is 0 Å². The summed E-state index contributed by atoms with van der Waals surface area (Å²) in [4.78, 5) is 13.5. The zero-order chi connectivity index (χ0) is 15.7. The number of carbonyl (C=O) groups is 1. The van der Waals surface area contributed by atoms with Crippen LogP contribution in [0.1, 0.15) is 16.1 Å². The fourth-order valence-electron chi connectivity index (χ4n) is 1.30. The van der Waals surface area contributed by atoms with E-state index in [2.05, 4.69) is 14.5 Å². The minimum absolute atomic E-state index is 0.186. The van der Waals surface area contributed by atoms with Crippen molar-refractivity contribution in [1.82, 2.24) is 4.98 Å². The van der Waals surface area contributed by atoms with Gasteiger partial charge < -0.3 is 14.6 Å². The van der Waals surface area contributed by atoms with Crippen LogP contribution in [0.2, 0.25) is 0 Å². The normalized spacial score (nSPS) is 12.2. The molecule has 0 saturated carbocycles. The number of hydrogen-bond acceptors (Lipinski definition) is 4. The lowest BCUT2D eigenvalue weighted by molar-refractivity contribution is -0.275. The number of aromatic carboxylic acids is 1. The Bertz CT molecular complexity index is 524. The van der Waals surface area contributed by atoms with Crippen molar-refractivity contribution in [3.05, 3.63) is 17.5 Å². The van der Waals surface area contributed by atoms with Crippen LogP contribution in [-0.4, -0.2) is 29.5 Å². The fraction of sp³-hybridized carbons (Fsp3) is 0.333. The molecule has 1 N–H and O–H groups in total. The highest BCUT2D eigenvalue weighted by atomic mass is 19.4. The zero-order valence-electron chi connectivity index (χ0n) is 9.46. The molecule has 20 heavy (non-hydrogen) atoms. The Hall–Kier alpha value is -2.20. The summed E-state index contributed by atoms with van der Waals surface area (Å²) in [6.45, 7) is 0. The quantitative estimate of drug-likeness (QED) is 0.870. The number of methoxy groups -OCH3 is 1. The molecular weight excluding hydrogens is 300 g/mol. The van der Waals surface area contributed by atoms with Crippen molar-refractivity contribution in [3.8, 4) is 11.5 Å². The average Bonchev–Trinajstić information content (AvgIpc) is 2.24. The van der Waals surface area contributed by atoms with Crippen LogP contribution in [0.3, 0.4) is 0 Å². The Kier molecular flexibility index (Phi) is 4.01. The van der Waals surface area contributed by atoms with Gasteiger partial charge in [-0.1, -0.05) is 0 Å². The molecule has 1 aromatic heterocycles. The molecule has 5 nitrogen and oxygen atoms in total. The monoisotopic (exact) mass is 305 g/mol. The SMILES string of the molecule is COc1c(OC(F)(F)F)cnc(C(=O)O)c1C(F)(F)F. The van der Waals surface area contributed by atoms with Crippen molar-refractivity contribution in [2.75, 3.05) is 7.11 Å². The van der Waals surface area contributed by atoms with Gasteiger partial charge in [0.1, 0.15) is 5.56 Å². The number of alkyl halides is 6. The van der Waals surface area contributed by atoms with Gasteiger partial charge in [0.15, 0.2) is 17.2 Å². The summed E-state index contributed by atoms with van der Waals surface area (Å²) < 4.78 is 81.9. The standard InChI is InChI=1S/C9H5F6NO4/c1-19-6-3(20-9(13,14)15)2-16-5(7(17)18)4(6)8(10,11)12/h2H,1H3,(H,17,18). The summed E-state index contributed by atoms with van der Waals surface area (Å²) in [5.41, 5.74) is -3.46. The smallest absolute Gasteiger partial charge is 0.492 e. The van der Waals surface area contributed by atoms with Gasteiger partial charge in [-0.2, -0.15) is 13.2 Å². The first-order valence-corrected chi connectivity index (χ1v) is 4.60. The van der Waals surface area contributed by atoms with Gasteiger partial charge in [0.2, 0.25) is 0 Å². The van der Waals surface area contributed by atoms with Crippen molar-refractivity contribution < 1.29 is 45.7 Å². The van der Waals surface area contributed by atoms with Gasteiger partial charge in [-0.3, -0.25) is 0 Å². The van der Waals surface area contributed by atoms with Crippen molar-refractivity contribution >= 4 is 5.97 Å². The highest BCUT2D eigenvalue weighted by molar-refractivity contribution is 5.88. The van der Waals surface area contributed by atoms with E-state index in [1.165, 1.54) is 0 Å². The zero-order valence-corrected chi connectivity index (χ0v) is 9.46. The van der Waals surface area contributed by atoms with Gasteiger partial charge in [-0.25, -0.2) is 9.78 Å². The van der Waals surface area contributed by atoms with Gasteiger partial charge >= 0.3 is 18.5 Å². The minimum Gasteiger partial charge on any atom is -0.492 e. The summed E-state index contributed by atoms with van der Waals surface area (Å²) in [6.07, 6.45) is -10.4. The average molecular weight is 305 g/mol. The summed E-state index contributed by atoms with van der Waals surface area (Å²) >= 11 is 0. The van der Waals surface area contributed by atoms with E-state index in [4.69, 9.17) is 5.11 Å². The molecule has 0 aliphatic heterocycles. The second-order valence-electron chi connectivity index (χ2n) is 3.23. The van der Waals surface area contributed by atoms with Crippen LogP contribution < -0.4 is 9.47 Å². The molecule has 0 radical (unpaired) electrons. The first-order chi connectivity index (χ1) is 8.97. The van der Waals surface area contributed by atoms with Gasteiger partial charge in [0, 0.05) is 0 Å². The maximum absolute atomic E-state index is 12.7. The van der Waals surface area contributed by atoms with Gasteiger partial charge in [0.25, 0.3) is 0 Å². The van der Waals surface area contributed by atoms with Crippen LogP contribution in [-0.2, 0) is 6.18 Å². The lowest BCUT2D eigenvalue weighted by atomic mass is 10.1. The molecule has 0 amide bonds. The van der Waals surface area contributed by atoms with Crippen LogP contribution >= 0.6 is 0 Å². The second-order valence-corrected chi connectivity index (χ2v) is 3.23. The van der Waals surface area contributed by atoms with E-state index in [9.17, 15) is 31.1 Å². The first kappa shape index (κ1) is 15.9. The minimum atomic E-state index is -5.29. The Balaban J connectivity index is 3.57. The summed E-state index contributed by atoms with van der Waals surface area (Å²) in [5, 5.41) is 8.59. The molecule has 0 atom stereocenters. The Morgan fingerprint density at radius 2 is 1.80 bits per heavy atom. The molecular formula is C9H5F6NO4. The highest BCUT2D eigenvalue weighted by Gasteiger charge is 2.43. The van der Waals surface area contributed by atoms with Crippen molar-refractivity contribution in [1.29, 1.82) is 0 Å². The Morgan fingerprint density at radius 1 is 1.25 bits per heavy atom. The number of hydrogen-bond donors (Lipinski definition) is 1. The number of halogens is 6. The highest BCUT2D eigenvalue weighted by Crippen LogP contribution is 2.44. The van der Waals surface area contributed by atoms with Crippen LogP contribution in [0, 0.1) is 0 Å². The van der Waals surface area contributed by atoms with Crippen LogP contribution in [0.25, 0.3) is 0 Å². The van der Waals surface area contributed by atoms with E-state index in [1.54, 1.807) is 0 Å². The summed E-state index contributed by atoms with van der Waals surface area (Å²) in [7, 11) is 0.638. The van der Waals surface area contributed by atoms with E-state index in [1.807, 2.05) is 0 Å². The molecule has 0 aliphatic rings. The van der Waals surface area contributed by atoms with E-state index < -0.39 is 41.3 Å². The van der Waals surface area contributed by atoms with Crippen molar-refractivity contribution in [2.45, 2.75) is 12.5 Å². The van der Waals surface area contributed by atoms with Gasteiger partial charge in [0.05, 0.1) is 13.3 Å². The third-order valence-electron chi connectivity index (χ3n) is 1.91. The number of nitrogens with zero attached hydrogens (tertiary/aromatic N) is 1. The van der Waals surface area contributed by atoms with E-state index in [-0.39, 0.29) is 6.20 Å². The lowest BCUT2D eigenvalue weighted by Gasteiger charge is -2.18. The topological polar surface area (TPSA) is 68.7 Å². The molecule has 1 aromatic rings. The molecule has 0 aliphatic carbocycles. The molecule has 0 unspecified atom stereocenters. The number of pyridine rings is 1. The van der Waals surface area contributed by atoms with Crippen LogP contribution in [0.5, 0.6) is 11.5 Å². The van der Waals surface area contributed by atoms with Crippen molar-refractivity contribution in [2.24, 2.45) is 0 Å². The fourth-order valence-corrected chi connectivity index (χ4v) is 1.30. The predicted molar refractivity (Wildman–Crippen MR) is 49.4 cm³/mol. The number of carboxylic acids is 1. The number of rotatable bonds is 3. The third-order valence-corrected chi connectivity index (χ3v) is 1.91. The summed E-state index contributed by atoms with van der Waals surface area (Å²) in [6, 6.07) is 0. The van der Waals surface area contributed by atoms with Gasteiger partial charge in [-0.15, -0.1) is 13.2 Å². The molecule has 0 aromatic carbocycles. The summed E-state index contributed by atoms with van der Waals surface area (Å²) in [5.74, 6) is -4.88. The molecule has 0 fully saturated rings. The first-order valence-electron chi connectivity index (χ1n) is 4.60. The van der Waals surface area contributed by atoms with Crippen molar-refractivity contribution in [3.63, 3.8) is 0 Å². The third kappa shape index (κ3) is 3.42. The Morgan fingerprint density at radius 3 is 2.15 bits per heavy atom. The maximum atomic E-state index is 12.7. The number of ether oxygens (including phenoxy) is 2. The lowest BCUT2D eigenvalue weighted by Crippen LogP contribution is -2.21. The predicted octanol–water partition coefficient (Wildman–Crippen LogP) is 2.71. The molecule has 1 rings (SSSR count). The largest absolute Gasteiger partial charge is 0.573 e. The molecule has 0 saturated heterocycles. The molecule has 0 spiro atoms. The van der Waals surface area contributed by atoms with Gasteiger partial charge in [-0.05, 0) is 0 Å². The number of aromatic nitrogens is 1. The molecule has 1 heterocycles.